The normalized spacial score (nSPS) is 28.2. The number of carbonyl (C=O) groups is 4. The smallest absolute Gasteiger partial charge is 0.260 e. The number of likely N-dealkylation sites (tertiary alicyclic amines) is 2. The predicted molar refractivity (Wildman–Crippen MR) is 203 cm³/mol. The second kappa shape index (κ2) is 13.6. The van der Waals surface area contributed by atoms with Crippen molar-refractivity contribution in [3.63, 3.8) is 0 Å². The molecular weight excluding hydrogens is 696 g/mol. The maximum Gasteiger partial charge on any atom is 0.260 e. The zero-order chi connectivity index (χ0) is 38.0. The van der Waals surface area contributed by atoms with Crippen LogP contribution in [0.3, 0.4) is 0 Å². The molecule has 280 valence electrons. The number of benzene rings is 4. The summed E-state index contributed by atoms with van der Waals surface area (Å²) in [6, 6.07) is 30.7. The molecule has 0 radical (unpaired) electrons. The number of imide groups is 2. The van der Waals surface area contributed by atoms with Crippen molar-refractivity contribution in [2.45, 2.75) is 56.5 Å². The van der Waals surface area contributed by atoms with Gasteiger partial charge in [-0.3, -0.25) is 34.4 Å². The van der Waals surface area contributed by atoms with E-state index in [1.165, 1.54) is 22.6 Å². The Kier molecular flexibility index (Phi) is 8.68. The van der Waals surface area contributed by atoms with Crippen LogP contribution in [0.4, 0.5) is 10.1 Å². The minimum Gasteiger partial charge on any atom is -0.505 e. The van der Waals surface area contributed by atoms with Gasteiger partial charge in [0.1, 0.15) is 0 Å². The number of phenolic OH excluding ortho intramolecular Hbond substituents is 1. The summed E-state index contributed by atoms with van der Waals surface area (Å²) in [5.41, 5.74) is 6.14. The van der Waals surface area contributed by atoms with Crippen LogP contribution in [-0.2, 0) is 31.1 Å². The highest BCUT2D eigenvalue weighted by Crippen LogP contribution is 2.64. The van der Waals surface area contributed by atoms with Crippen LogP contribution in [0.2, 0.25) is 0 Å². The van der Waals surface area contributed by atoms with Gasteiger partial charge in [0, 0.05) is 31.6 Å². The largest absolute Gasteiger partial charge is 0.505 e. The number of nitrogens with zero attached hydrogens (tertiary/aromatic N) is 3. The molecule has 0 unspecified atom stereocenters. The molecule has 55 heavy (non-hydrogen) atoms. The van der Waals surface area contributed by atoms with Crippen LogP contribution in [-0.4, -0.2) is 62.7 Å². The number of hydrogen-bond acceptors (Lipinski definition) is 7. The predicted octanol–water partition coefficient (Wildman–Crippen LogP) is 6.49. The van der Waals surface area contributed by atoms with Gasteiger partial charge in [0.15, 0.2) is 11.6 Å². The number of halogens is 1. The molecule has 5 aliphatic rings. The Balaban J connectivity index is 1.10. The molecule has 3 saturated heterocycles. The lowest BCUT2D eigenvalue weighted by atomic mass is 9.49. The SMILES string of the molecule is Cc1ccc(NN2C(=O)[C@@H]3C[C@@H]4C(=CC[C@@H]5C(=O)N(C6CCN(Cc7ccccc7)CC6)C(=O)[C@@H]54)[C@H](c4ccc(O)c(F)c4)[C@]3(c3ccccc3)C2=O)cc1. The van der Waals surface area contributed by atoms with Gasteiger partial charge in [-0.15, -0.1) is 0 Å². The Bertz CT molecular complexity index is 2200. The van der Waals surface area contributed by atoms with E-state index in [4.69, 9.17) is 0 Å². The molecule has 3 heterocycles. The van der Waals surface area contributed by atoms with Crippen molar-refractivity contribution < 1.29 is 28.7 Å². The molecule has 1 saturated carbocycles. The number of piperidine rings is 1. The van der Waals surface area contributed by atoms with Crippen molar-refractivity contribution in [1.29, 1.82) is 0 Å². The minimum atomic E-state index is -1.51. The topological polar surface area (TPSA) is 110 Å². The molecule has 9 nitrogen and oxygen atoms in total. The van der Waals surface area contributed by atoms with Crippen molar-refractivity contribution in [3.8, 4) is 5.75 Å². The van der Waals surface area contributed by atoms with Gasteiger partial charge in [0.25, 0.3) is 11.8 Å². The first-order chi connectivity index (χ1) is 26.7. The van der Waals surface area contributed by atoms with Gasteiger partial charge >= 0.3 is 0 Å². The van der Waals surface area contributed by atoms with Gasteiger partial charge in [-0.2, -0.15) is 5.01 Å². The van der Waals surface area contributed by atoms with Crippen molar-refractivity contribution >= 4 is 29.3 Å². The number of amides is 4. The number of phenols is 1. The van der Waals surface area contributed by atoms with Gasteiger partial charge in [0.2, 0.25) is 11.8 Å². The maximum atomic E-state index is 15.4. The molecule has 4 amide bonds. The number of aryl methyl sites for hydroxylation is 1. The Morgan fingerprint density at radius 3 is 2.20 bits per heavy atom. The number of carbonyl (C=O) groups excluding carboxylic acids is 4. The monoisotopic (exact) mass is 738 g/mol. The zero-order valence-corrected chi connectivity index (χ0v) is 30.6. The number of allylic oxidation sites excluding steroid dienone is 2. The van der Waals surface area contributed by atoms with Crippen molar-refractivity contribution in [3.05, 3.63) is 143 Å². The standard InChI is InChI=1S/C45H43FN4O5/c1-27-12-15-31(16-13-27)47-50-42(53)36-25-35-33(40(29-14-19-38(51)37(46)24-29)45(36,44(50)55)30-10-6-3-7-11-30)17-18-34-39(35)43(54)49(41(34)52)32-20-22-48(23-21-32)26-28-8-4-2-5-9-28/h2-17,19,24,32,34-36,39-40,47,51H,18,20-23,25-26H2,1H3/t34-,35+,36-,39-,40-,45+/m0/s1. The number of rotatable bonds is 7. The Labute approximate surface area is 319 Å². The quantitative estimate of drug-likeness (QED) is 0.165. The average Bonchev–Trinajstić information content (AvgIpc) is 3.58. The van der Waals surface area contributed by atoms with Gasteiger partial charge in [-0.25, -0.2) is 4.39 Å². The van der Waals surface area contributed by atoms with Gasteiger partial charge in [-0.05, 0) is 79.5 Å². The van der Waals surface area contributed by atoms with E-state index in [0.717, 1.165) is 35.8 Å². The third-order valence-corrected chi connectivity index (χ3v) is 12.9. The second-order valence-corrected chi connectivity index (χ2v) is 15.8. The molecule has 4 aromatic rings. The van der Waals surface area contributed by atoms with Crippen LogP contribution in [0.1, 0.15) is 53.9 Å². The van der Waals surface area contributed by atoms with E-state index < -0.39 is 58.4 Å². The Hall–Kier alpha value is -5.61. The van der Waals surface area contributed by atoms with Crippen molar-refractivity contribution in [2.24, 2.45) is 23.7 Å². The highest BCUT2D eigenvalue weighted by Gasteiger charge is 2.70. The van der Waals surface area contributed by atoms with Gasteiger partial charge in [-0.1, -0.05) is 96.1 Å². The lowest BCUT2D eigenvalue weighted by Crippen LogP contribution is -2.53. The highest BCUT2D eigenvalue weighted by atomic mass is 19.1. The fraction of sp³-hybridized carbons (Fsp3) is 0.333. The van der Waals surface area contributed by atoms with E-state index in [1.807, 2.05) is 73.7 Å². The maximum absolute atomic E-state index is 15.4. The van der Waals surface area contributed by atoms with Gasteiger partial charge < -0.3 is 5.11 Å². The second-order valence-electron chi connectivity index (χ2n) is 15.8. The number of fused-ring (bicyclic) bond motifs is 4. The molecule has 4 aromatic carbocycles. The lowest BCUT2D eigenvalue weighted by Gasteiger charge is -2.50. The van der Waals surface area contributed by atoms with Crippen LogP contribution >= 0.6 is 0 Å². The Morgan fingerprint density at radius 1 is 0.818 bits per heavy atom. The number of hydrogen-bond donors (Lipinski definition) is 2. The first kappa shape index (κ1) is 35.1. The first-order valence-electron chi connectivity index (χ1n) is 19.3. The van der Waals surface area contributed by atoms with Crippen LogP contribution in [0.5, 0.6) is 5.75 Å². The van der Waals surface area contributed by atoms with Crippen LogP contribution in [0, 0.1) is 36.4 Å². The number of nitrogens with one attached hydrogen (secondary N) is 1. The van der Waals surface area contributed by atoms with Crippen molar-refractivity contribution in [2.75, 3.05) is 18.5 Å². The molecule has 6 atom stereocenters. The molecule has 0 aromatic heterocycles. The van der Waals surface area contributed by atoms with E-state index in [9.17, 15) is 19.5 Å². The third kappa shape index (κ3) is 5.60. The minimum absolute atomic E-state index is 0.165. The Morgan fingerprint density at radius 2 is 1.51 bits per heavy atom. The summed E-state index contributed by atoms with van der Waals surface area (Å²) in [7, 11) is 0. The summed E-state index contributed by atoms with van der Waals surface area (Å²) in [6.45, 7) is 4.28. The van der Waals surface area contributed by atoms with Gasteiger partial charge in [0.05, 0.1) is 28.9 Å². The molecule has 3 aliphatic heterocycles. The van der Waals surface area contributed by atoms with Crippen LogP contribution in [0.15, 0.2) is 115 Å². The van der Waals surface area contributed by atoms with E-state index in [0.29, 0.717) is 36.1 Å². The molecule has 10 heteroatoms. The molecule has 2 N–H and O–H groups in total. The van der Waals surface area contributed by atoms with E-state index in [-0.39, 0.29) is 24.3 Å². The number of aromatic hydroxyl groups is 1. The fourth-order valence-electron chi connectivity index (χ4n) is 10.4. The van der Waals surface area contributed by atoms with E-state index in [1.54, 1.807) is 18.2 Å². The molecule has 9 rings (SSSR count). The van der Waals surface area contributed by atoms with Crippen LogP contribution in [0.25, 0.3) is 0 Å². The van der Waals surface area contributed by atoms with E-state index in [2.05, 4.69) is 22.5 Å². The van der Waals surface area contributed by atoms with E-state index >= 15 is 9.18 Å². The third-order valence-electron chi connectivity index (χ3n) is 12.9. The molecule has 2 aliphatic carbocycles. The molecule has 4 fully saturated rings. The summed E-state index contributed by atoms with van der Waals surface area (Å²) in [5, 5.41) is 11.4. The number of hydrazine groups is 1. The molecule has 0 spiro atoms. The summed E-state index contributed by atoms with van der Waals surface area (Å²) in [4.78, 5) is 63.0. The number of anilines is 1. The average molecular weight is 739 g/mol. The van der Waals surface area contributed by atoms with Crippen LogP contribution < -0.4 is 5.43 Å². The first-order valence-corrected chi connectivity index (χ1v) is 19.3. The highest BCUT2D eigenvalue weighted by molar-refractivity contribution is 6.13. The molecule has 0 bridgehead atoms. The summed E-state index contributed by atoms with van der Waals surface area (Å²) in [5.74, 6) is -6.35. The summed E-state index contributed by atoms with van der Waals surface area (Å²) in [6.07, 6.45) is 3.79. The lowest BCUT2D eigenvalue weighted by molar-refractivity contribution is -0.144. The summed E-state index contributed by atoms with van der Waals surface area (Å²) < 4.78 is 15.4. The summed E-state index contributed by atoms with van der Waals surface area (Å²) >= 11 is 0. The fourth-order valence-corrected chi connectivity index (χ4v) is 10.4. The van der Waals surface area contributed by atoms with Crippen molar-refractivity contribution in [1.82, 2.24) is 14.8 Å². The molecular formula is C45H43FN4O5. The zero-order valence-electron chi connectivity index (χ0n) is 30.6.